The monoisotopic (exact) mass is 473 g/mol. The van der Waals surface area contributed by atoms with Crippen LogP contribution in [0.2, 0.25) is 0 Å². The van der Waals surface area contributed by atoms with Crippen molar-refractivity contribution in [1.82, 2.24) is 10.2 Å². The summed E-state index contributed by atoms with van der Waals surface area (Å²) < 4.78 is 17.7. The molecule has 0 amide bonds. The highest BCUT2D eigenvalue weighted by atomic mass is 127. The quantitative estimate of drug-likeness (QED) is 0.414. The van der Waals surface area contributed by atoms with E-state index in [9.17, 15) is 0 Å². The Bertz CT molecular complexity index is 597. The first kappa shape index (κ1) is 19.7. The lowest BCUT2D eigenvalue weighted by Crippen LogP contribution is -2.54. The molecule has 1 aromatic rings. The summed E-state index contributed by atoms with van der Waals surface area (Å²) in [5, 5.41) is 3.48. The zero-order chi connectivity index (χ0) is 17.1. The normalized spacial score (nSPS) is 28.3. The number of morpholine rings is 1. The highest BCUT2D eigenvalue weighted by Crippen LogP contribution is 2.27. The topological polar surface area (TPSA) is 55.3 Å². The molecule has 2 saturated heterocycles. The van der Waals surface area contributed by atoms with Crippen molar-refractivity contribution >= 4 is 29.9 Å². The Morgan fingerprint density at radius 3 is 2.85 bits per heavy atom. The van der Waals surface area contributed by atoms with E-state index in [4.69, 9.17) is 14.2 Å². The molecule has 3 aliphatic heterocycles. The number of hydrogen-bond donors (Lipinski definition) is 1. The Balaban J connectivity index is 0.00000196. The molecule has 0 radical (unpaired) electrons. The Kier molecular flexibility index (Phi) is 6.99. The average Bonchev–Trinajstić information content (AvgIpc) is 3.32. The number of guanidine groups is 1. The number of nitrogens with one attached hydrogen (secondary N) is 1. The van der Waals surface area contributed by atoms with Crippen LogP contribution in [0.1, 0.15) is 18.4 Å². The van der Waals surface area contributed by atoms with Crippen molar-refractivity contribution in [3.63, 3.8) is 0 Å². The van der Waals surface area contributed by atoms with Gasteiger partial charge in [0.15, 0.2) is 5.96 Å². The average molecular weight is 473 g/mol. The minimum Gasteiger partial charge on any atom is -0.488 e. The van der Waals surface area contributed by atoms with Crippen LogP contribution in [0.25, 0.3) is 0 Å². The molecule has 0 bridgehead atoms. The number of halogens is 1. The van der Waals surface area contributed by atoms with Gasteiger partial charge >= 0.3 is 0 Å². The summed E-state index contributed by atoms with van der Waals surface area (Å²) in [6, 6.07) is 8.26. The van der Waals surface area contributed by atoms with Gasteiger partial charge in [-0.3, -0.25) is 4.99 Å². The maximum atomic E-state index is 6.01. The number of ether oxygens (including phenoxy) is 3. The van der Waals surface area contributed by atoms with Gasteiger partial charge in [0.1, 0.15) is 18.0 Å². The van der Waals surface area contributed by atoms with Crippen LogP contribution in [0.5, 0.6) is 5.75 Å². The van der Waals surface area contributed by atoms with E-state index in [0.717, 1.165) is 63.8 Å². The van der Waals surface area contributed by atoms with Crippen molar-refractivity contribution in [1.29, 1.82) is 0 Å². The third-order valence-electron chi connectivity index (χ3n) is 5.19. The fourth-order valence-corrected chi connectivity index (χ4v) is 3.89. The van der Waals surface area contributed by atoms with Crippen molar-refractivity contribution in [3.05, 3.63) is 29.8 Å². The minimum atomic E-state index is 0. The molecule has 0 aromatic heterocycles. The summed E-state index contributed by atoms with van der Waals surface area (Å²) in [5.74, 6) is 1.93. The standard InChI is InChI=1S/C19H27N3O3.HI/c1-20-19(21-12-15-11-14-5-2-3-6-16(14)25-15)22-8-10-24-18(13-22)17-7-4-9-23-17;/h2-3,5-6,15,17-18H,4,7-13H2,1H3,(H,20,21);1H. The molecule has 1 N–H and O–H groups in total. The van der Waals surface area contributed by atoms with E-state index in [0.29, 0.717) is 0 Å². The predicted molar refractivity (Wildman–Crippen MR) is 112 cm³/mol. The second-order valence-corrected chi connectivity index (χ2v) is 6.89. The molecule has 0 aliphatic carbocycles. The van der Waals surface area contributed by atoms with Gasteiger partial charge in [-0.1, -0.05) is 18.2 Å². The molecule has 3 atom stereocenters. The van der Waals surface area contributed by atoms with E-state index < -0.39 is 0 Å². The van der Waals surface area contributed by atoms with Gasteiger partial charge in [-0.05, 0) is 24.5 Å². The summed E-state index contributed by atoms with van der Waals surface area (Å²) in [5.41, 5.74) is 1.29. The van der Waals surface area contributed by atoms with E-state index in [-0.39, 0.29) is 42.3 Å². The number of aliphatic imine (C=N–C) groups is 1. The summed E-state index contributed by atoms with van der Waals surface area (Å²) in [6.45, 7) is 4.02. The lowest BCUT2D eigenvalue weighted by Gasteiger charge is -2.37. The first-order chi connectivity index (χ1) is 12.3. The minimum absolute atomic E-state index is 0. The van der Waals surface area contributed by atoms with Gasteiger partial charge in [0.2, 0.25) is 0 Å². The van der Waals surface area contributed by atoms with Crippen LogP contribution in [-0.2, 0) is 15.9 Å². The molecule has 3 aliphatic rings. The van der Waals surface area contributed by atoms with Crippen LogP contribution in [-0.4, -0.2) is 69.1 Å². The van der Waals surface area contributed by atoms with E-state index >= 15 is 0 Å². The van der Waals surface area contributed by atoms with Gasteiger partial charge in [0.05, 0.1) is 19.3 Å². The van der Waals surface area contributed by atoms with Gasteiger partial charge in [-0.15, -0.1) is 24.0 Å². The molecule has 144 valence electrons. The number of hydrogen-bond acceptors (Lipinski definition) is 4. The Morgan fingerprint density at radius 1 is 1.23 bits per heavy atom. The third kappa shape index (κ3) is 4.43. The van der Waals surface area contributed by atoms with Crippen LogP contribution in [0, 0.1) is 0 Å². The second-order valence-electron chi connectivity index (χ2n) is 6.89. The van der Waals surface area contributed by atoms with Crippen molar-refractivity contribution in [2.45, 2.75) is 37.6 Å². The molecule has 3 heterocycles. The first-order valence-electron chi connectivity index (χ1n) is 9.27. The molecule has 2 fully saturated rings. The fraction of sp³-hybridized carbons (Fsp3) is 0.632. The van der Waals surface area contributed by atoms with E-state index in [1.165, 1.54) is 5.56 Å². The molecular weight excluding hydrogens is 445 g/mol. The SMILES string of the molecule is CN=C(NCC1Cc2ccccc2O1)N1CCOC(C2CCCO2)C1.I. The predicted octanol–water partition coefficient (Wildman–Crippen LogP) is 2.06. The van der Waals surface area contributed by atoms with Gasteiger partial charge < -0.3 is 24.4 Å². The molecule has 26 heavy (non-hydrogen) atoms. The van der Waals surface area contributed by atoms with E-state index in [2.05, 4.69) is 27.3 Å². The molecule has 1 aromatic carbocycles. The summed E-state index contributed by atoms with van der Waals surface area (Å²) in [6.07, 6.45) is 3.71. The van der Waals surface area contributed by atoms with Gasteiger partial charge in [0, 0.05) is 33.2 Å². The van der Waals surface area contributed by atoms with Crippen LogP contribution >= 0.6 is 24.0 Å². The summed E-state index contributed by atoms with van der Waals surface area (Å²) >= 11 is 0. The zero-order valence-electron chi connectivity index (χ0n) is 15.2. The van der Waals surface area contributed by atoms with Crippen LogP contribution in [0.4, 0.5) is 0 Å². The first-order valence-corrected chi connectivity index (χ1v) is 9.27. The Morgan fingerprint density at radius 2 is 2.08 bits per heavy atom. The van der Waals surface area contributed by atoms with Crippen LogP contribution < -0.4 is 10.1 Å². The van der Waals surface area contributed by atoms with E-state index in [1.807, 2.05) is 19.2 Å². The second kappa shape index (κ2) is 9.23. The van der Waals surface area contributed by atoms with Crippen molar-refractivity contribution in [2.75, 3.05) is 39.9 Å². The number of para-hydroxylation sites is 1. The van der Waals surface area contributed by atoms with Gasteiger partial charge in [-0.25, -0.2) is 0 Å². The number of nitrogens with zero attached hydrogens (tertiary/aromatic N) is 2. The highest BCUT2D eigenvalue weighted by molar-refractivity contribution is 14.0. The van der Waals surface area contributed by atoms with Gasteiger partial charge in [0.25, 0.3) is 0 Å². The highest BCUT2D eigenvalue weighted by Gasteiger charge is 2.32. The largest absolute Gasteiger partial charge is 0.488 e. The lowest BCUT2D eigenvalue weighted by atomic mass is 10.1. The number of benzene rings is 1. The third-order valence-corrected chi connectivity index (χ3v) is 5.19. The fourth-order valence-electron chi connectivity index (χ4n) is 3.89. The maximum absolute atomic E-state index is 6.01. The van der Waals surface area contributed by atoms with E-state index in [1.54, 1.807) is 0 Å². The number of fused-ring (bicyclic) bond motifs is 1. The van der Waals surface area contributed by atoms with Crippen molar-refractivity contribution < 1.29 is 14.2 Å². The summed E-state index contributed by atoms with van der Waals surface area (Å²) in [7, 11) is 1.84. The van der Waals surface area contributed by atoms with Crippen LogP contribution in [0.3, 0.4) is 0 Å². The van der Waals surface area contributed by atoms with Crippen molar-refractivity contribution in [2.24, 2.45) is 4.99 Å². The van der Waals surface area contributed by atoms with Crippen molar-refractivity contribution in [3.8, 4) is 5.75 Å². The molecule has 3 unspecified atom stereocenters. The molecule has 4 rings (SSSR count). The zero-order valence-corrected chi connectivity index (χ0v) is 17.6. The number of rotatable bonds is 3. The molecule has 0 saturated carbocycles. The van der Waals surface area contributed by atoms with Crippen LogP contribution in [0.15, 0.2) is 29.3 Å². The van der Waals surface area contributed by atoms with Gasteiger partial charge in [-0.2, -0.15) is 0 Å². The maximum Gasteiger partial charge on any atom is 0.193 e. The molecule has 7 heteroatoms. The Labute approximate surface area is 172 Å². The smallest absolute Gasteiger partial charge is 0.193 e. The Hall–Kier alpha value is -1.06. The molecule has 0 spiro atoms. The molecular formula is C19H28IN3O3. The summed E-state index contributed by atoms with van der Waals surface area (Å²) in [4.78, 5) is 6.74. The molecule has 6 nitrogen and oxygen atoms in total. The lowest BCUT2D eigenvalue weighted by molar-refractivity contribution is -0.0817.